The van der Waals surface area contributed by atoms with Gasteiger partial charge in [0.25, 0.3) is 10.2 Å². The predicted octanol–water partition coefficient (Wildman–Crippen LogP) is -0.182. The SMILES string of the molecule is CCNS(=O)(=O)NC1CC[C@H]2CNC[C@H]2C1. The summed E-state index contributed by atoms with van der Waals surface area (Å²) in [5.41, 5.74) is 0. The maximum absolute atomic E-state index is 11.6. The molecule has 0 bridgehead atoms. The van der Waals surface area contributed by atoms with E-state index in [0.29, 0.717) is 12.5 Å². The third-order valence-electron chi connectivity index (χ3n) is 3.61. The van der Waals surface area contributed by atoms with E-state index in [1.807, 2.05) is 0 Å². The zero-order chi connectivity index (χ0) is 11.6. The van der Waals surface area contributed by atoms with Crippen molar-refractivity contribution >= 4 is 10.2 Å². The Hall–Kier alpha value is -0.170. The molecule has 6 heteroatoms. The van der Waals surface area contributed by atoms with Crippen molar-refractivity contribution in [3.63, 3.8) is 0 Å². The first-order chi connectivity index (χ1) is 7.61. The van der Waals surface area contributed by atoms with Crippen LogP contribution in [0.15, 0.2) is 0 Å². The van der Waals surface area contributed by atoms with Crippen molar-refractivity contribution in [1.82, 2.24) is 14.8 Å². The lowest BCUT2D eigenvalue weighted by atomic mass is 9.79. The van der Waals surface area contributed by atoms with Crippen molar-refractivity contribution in [2.45, 2.75) is 32.2 Å². The van der Waals surface area contributed by atoms with Crippen LogP contribution in [0.4, 0.5) is 0 Å². The number of hydrogen-bond donors (Lipinski definition) is 3. The van der Waals surface area contributed by atoms with Gasteiger partial charge in [-0.25, -0.2) is 4.72 Å². The smallest absolute Gasteiger partial charge is 0.277 e. The molecule has 0 amide bonds. The van der Waals surface area contributed by atoms with Gasteiger partial charge in [-0.1, -0.05) is 6.92 Å². The minimum atomic E-state index is -3.28. The van der Waals surface area contributed by atoms with E-state index in [4.69, 9.17) is 0 Å². The molecule has 5 nitrogen and oxygen atoms in total. The molecule has 2 fully saturated rings. The fraction of sp³-hybridized carbons (Fsp3) is 1.00. The van der Waals surface area contributed by atoms with Gasteiger partial charge in [0.15, 0.2) is 0 Å². The van der Waals surface area contributed by atoms with Crippen LogP contribution in [0.3, 0.4) is 0 Å². The first-order valence-electron chi connectivity index (χ1n) is 6.08. The molecule has 1 heterocycles. The van der Waals surface area contributed by atoms with Crippen LogP contribution in [0.25, 0.3) is 0 Å². The second-order valence-corrected chi connectivity index (χ2v) is 6.34. The first kappa shape index (κ1) is 12.3. The zero-order valence-corrected chi connectivity index (χ0v) is 10.5. The second-order valence-electron chi connectivity index (χ2n) is 4.81. The standard InChI is InChI=1S/C10H21N3O2S/c1-2-12-16(14,15)13-10-4-3-8-6-11-7-9(8)5-10/h8-13H,2-7H2,1H3/t8-,9+,10?/m0/s1. The van der Waals surface area contributed by atoms with Crippen LogP contribution in [0.1, 0.15) is 26.2 Å². The molecule has 94 valence electrons. The second kappa shape index (κ2) is 5.00. The number of nitrogens with one attached hydrogen (secondary N) is 3. The third kappa shape index (κ3) is 2.94. The van der Waals surface area contributed by atoms with Gasteiger partial charge < -0.3 is 5.32 Å². The van der Waals surface area contributed by atoms with Crippen LogP contribution in [-0.4, -0.2) is 34.1 Å². The number of hydrogen-bond acceptors (Lipinski definition) is 3. The Balaban J connectivity index is 1.87. The molecule has 1 unspecified atom stereocenters. The van der Waals surface area contributed by atoms with Crippen molar-refractivity contribution in [3.05, 3.63) is 0 Å². The molecule has 0 aromatic heterocycles. The Kier molecular flexibility index (Phi) is 3.84. The topological polar surface area (TPSA) is 70.2 Å². The van der Waals surface area contributed by atoms with Gasteiger partial charge in [-0.2, -0.15) is 13.1 Å². The Morgan fingerprint density at radius 1 is 1.25 bits per heavy atom. The van der Waals surface area contributed by atoms with E-state index in [0.717, 1.165) is 38.3 Å². The lowest BCUT2D eigenvalue weighted by Gasteiger charge is -2.31. The highest BCUT2D eigenvalue weighted by atomic mass is 32.2. The molecule has 2 rings (SSSR count). The molecule has 1 saturated carbocycles. The molecule has 3 N–H and O–H groups in total. The monoisotopic (exact) mass is 247 g/mol. The fourth-order valence-corrected chi connectivity index (χ4v) is 3.97. The summed E-state index contributed by atoms with van der Waals surface area (Å²) in [6.45, 7) is 4.38. The summed E-state index contributed by atoms with van der Waals surface area (Å²) in [5, 5.41) is 3.38. The summed E-state index contributed by atoms with van der Waals surface area (Å²) >= 11 is 0. The minimum Gasteiger partial charge on any atom is -0.316 e. The summed E-state index contributed by atoms with van der Waals surface area (Å²) in [5.74, 6) is 1.42. The van der Waals surface area contributed by atoms with Gasteiger partial charge in [-0.05, 0) is 44.2 Å². The predicted molar refractivity (Wildman–Crippen MR) is 63.2 cm³/mol. The molecule has 3 atom stereocenters. The largest absolute Gasteiger partial charge is 0.316 e. The molecule has 16 heavy (non-hydrogen) atoms. The fourth-order valence-electron chi connectivity index (χ4n) is 2.86. The maximum atomic E-state index is 11.6. The van der Waals surface area contributed by atoms with Crippen molar-refractivity contribution in [3.8, 4) is 0 Å². The Bertz CT molecular complexity index is 331. The summed E-state index contributed by atoms with van der Waals surface area (Å²) in [6.07, 6.45) is 3.08. The zero-order valence-electron chi connectivity index (χ0n) is 9.70. The van der Waals surface area contributed by atoms with Gasteiger partial charge in [0.2, 0.25) is 0 Å². The first-order valence-corrected chi connectivity index (χ1v) is 7.56. The van der Waals surface area contributed by atoms with E-state index in [1.165, 1.54) is 0 Å². The summed E-state index contributed by atoms with van der Waals surface area (Å²) in [7, 11) is -3.28. The highest BCUT2D eigenvalue weighted by Gasteiger charge is 2.34. The molecule has 1 saturated heterocycles. The van der Waals surface area contributed by atoms with Crippen molar-refractivity contribution in [1.29, 1.82) is 0 Å². The molecule has 2 aliphatic rings. The molecular formula is C10H21N3O2S. The quantitative estimate of drug-likeness (QED) is 0.645. The van der Waals surface area contributed by atoms with Crippen LogP contribution < -0.4 is 14.8 Å². The highest BCUT2D eigenvalue weighted by Crippen LogP contribution is 2.32. The lowest BCUT2D eigenvalue weighted by Crippen LogP contribution is -2.45. The van der Waals surface area contributed by atoms with E-state index < -0.39 is 10.2 Å². The van der Waals surface area contributed by atoms with E-state index in [1.54, 1.807) is 6.92 Å². The van der Waals surface area contributed by atoms with Crippen LogP contribution in [0.2, 0.25) is 0 Å². The molecule has 0 aromatic rings. The van der Waals surface area contributed by atoms with Gasteiger partial charge in [0.05, 0.1) is 0 Å². The van der Waals surface area contributed by atoms with Crippen LogP contribution in [0.5, 0.6) is 0 Å². The molecular weight excluding hydrogens is 226 g/mol. The summed E-state index contributed by atoms with van der Waals surface area (Å²) in [6, 6.07) is 0.116. The van der Waals surface area contributed by atoms with E-state index in [9.17, 15) is 8.42 Å². The molecule has 1 aliphatic heterocycles. The molecule has 0 spiro atoms. The molecule has 1 aliphatic carbocycles. The van der Waals surface area contributed by atoms with Gasteiger partial charge >= 0.3 is 0 Å². The Labute approximate surface area is 97.6 Å². The van der Waals surface area contributed by atoms with E-state index >= 15 is 0 Å². The van der Waals surface area contributed by atoms with Gasteiger partial charge in [-0.3, -0.25) is 0 Å². The number of rotatable bonds is 4. The van der Waals surface area contributed by atoms with E-state index in [2.05, 4.69) is 14.8 Å². The summed E-state index contributed by atoms with van der Waals surface area (Å²) in [4.78, 5) is 0. The number of fused-ring (bicyclic) bond motifs is 1. The van der Waals surface area contributed by atoms with Gasteiger partial charge in [0.1, 0.15) is 0 Å². The third-order valence-corrected chi connectivity index (χ3v) is 4.92. The molecule has 0 radical (unpaired) electrons. The lowest BCUT2D eigenvalue weighted by molar-refractivity contribution is 0.260. The van der Waals surface area contributed by atoms with Crippen LogP contribution >= 0.6 is 0 Å². The van der Waals surface area contributed by atoms with Crippen molar-refractivity contribution < 1.29 is 8.42 Å². The average molecular weight is 247 g/mol. The Morgan fingerprint density at radius 2 is 2.00 bits per heavy atom. The van der Waals surface area contributed by atoms with E-state index in [-0.39, 0.29) is 6.04 Å². The van der Waals surface area contributed by atoms with Crippen LogP contribution in [-0.2, 0) is 10.2 Å². The van der Waals surface area contributed by atoms with Crippen molar-refractivity contribution in [2.75, 3.05) is 19.6 Å². The molecule has 0 aromatic carbocycles. The normalized spacial score (nSPS) is 34.9. The highest BCUT2D eigenvalue weighted by molar-refractivity contribution is 7.87. The average Bonchev–Trinajstić information content (AvgIpc) is 2.63. The summed E-state index contributed by atoms with van der Waals surface area (Å²) < 4.78 is 28.3. The van der Waals surface area contributed by atoms with Crippen molar-refractivity contribution in [2.24, 2.45) is 11.8 Å². The van der Waals surface area contributed by atoms with Gasteiger partial charge in [0, 0.05) is 12.6 Å². The minimum absolute atomic E-state index is 0.116. The van der Waals surface area contributed by atoms with Gasteiger partial charge in [-0.15, -0.1) is 0 Å². The Morgan fingerprint density at radius 3 is 2.75 bits per heavy atom. The maximum Gasteiger partial charge on any atom is 0.277 e. The van der Waals surface area contributed by atoms with Crippen LogP contribution in [0, 0.1) is 11.8 Å².